The summed E-state index contributed by atoms with van der Waals surface area (Å²) in [6.07, 6.45) is 0.0333. The first-order chi connectivity index (χ1) is 9.93. The first-order valence-corrected chi connectivity index (χ1v) is 7.52. The molecule has 0 saturated heterocycles. The van der Waals surface area contributed by atoms with E-state index >= 15 is 0 Å². The second kappa shape index (κ2) is 7.03. The summed E-state index contributed by atoms with van der Waals surface area (Å²) in [4.78, 5) is 0. The molecule has 1 unspecified atom stereocenters. The quantitative estimate of drug-likeness (QED) is 0.444. The third-order valence-electron chi connectivity index (χ3n) is 3.09. The van der Waals surface area contributed by atoms with Gasteiger partial charge in [-0.25, -0.2) is 8.78 Å². The van der Waals surface area contributed by atoms with E-state index < -0.39 is 17.7 Å². The zero-order valence-electron chi connectivity index (χ0n) is 10.6. The normalized spacial score (nSPS) is 12.5. The third-order valence-corrected chi connectivity index (χ3v) is 4.45. The fourth-order valence-corrected chi connectivity index (χ4v) is 2.64. The molecule has 0 spiro atoms. The highest BCUT2D eigenvalue weighted by Gasteiger charge is 2.19. The summed E-state index contributed by atoms with van der Waals surface area (Å²) in [7, 11) is 0. The maximum atomic E-state index is 14.0. The lowest BCUT2D eigenvalue weighted by atomic mass is 9.98. The van der Waals surface area contributed by atoms with Crippen LogP contribution in [0.15, 0.2) is 34.8 Å². The molecule has 0 heterocycles. The van der Waals surface area contributed by atoms with Crippen LogP contribution < -0.4 is 11.3 Å². The lowest BCUT2D eigenvalue weighted by Gasteiger charge is -2.18. The van der Waals surface area contributed by atoms with Gasteiger partial charge in [0.15, 0.2) is 0 Å². The van der Waals surface area contributed by atoms with Crippen LogP contribution in [0, 0.1) is 11.6 Å². The summed E-state index contributed by atoms with van der Waals surface area (Å²) in [6.45, 7) is 0. The second-order valence-electron chi connectivity index (χ2n) is 4.42. The average molecular weight is 396 g/mol. The van der Waals surface area contributed by atoms with Crippen molar-refractivity contribution < 1.29 is 8.78 Å². The lowest BCUT2D eigenvalue weighted by molar-refractivity contribution is 0.498. The minimum Gasteiger partial charge on any atom is -0.271 e. The summed E-state index contributed by atoms with van der Waals surface area (Å²) in [5.41, 5.74) is 3.17. The maximum Gasteiger partial charge on any atom is 0.143 e. The minimum absolute atomic E-state index is 0.0333. The Hall–Kier alpha value is -0.720. The van der Waals surface area contributed by atoms with E-state index in [1.807, 2.05) is 0 Å². The van der Waals surface area contributed by atoms with E-state index in [-0.39, 0.29) is 16.5 Å². The molecule has 0 aromatic heterocycles. The smallest absolute Gasteiger partial charge is 0.143 e. The molecule has 3 N–H and O–H groups in total. The Kier molecular flexibility index (Phi) is 5.57. The van der Waals surface area contributed by atoms with E-state index in [2.05, 4.69) is 21.4 Å². The highest BCUT2D eigenvalue weighted by Crippen LogP contribution is 2.29. The van der Waals surface area contributed by atoms with Crippen molar-refractivity contribution in [1.29, 1.82) is 0 Å². The van der Waals surface area contributed by atoms with Gasteiger partial charge in [-0.3, -0.25) is 11.3 Å². The summed E-state index contributed by atoms with van der Waals surface area (Å²) in [5.74, 6) is 4.22. The number of nitrogens with two attached hydrogens (primary N) is 1. The van der Waals surface area contributed by atoms with Crippen molar-refractivity contribution in [3.63, 3.8) is 0 Å². The Morgan fingerprint density at radius 1 is 1.14 bits per heavy atom. The van der Waals surface area contributed by atoms with Gasteiger partial charge in [0.25, 0.3) is 0 Å². The van der Waals surface area contributed by atoms with Crippen molar-refractivity contribution in [1.82, 2.24) is 5.43 Å². The lowest BCUT2D eigenvalue weighted by Crippen LogP contribution is -2.30. The molecular formula is C14H11BrCl2F2N2. The highest BCUT2D eigenvalue weighted by atomic mass is 79.9. The van der Waals surface area contributed by atoms with Crippen LogP contribution in [0.1, 0.15) is 17.2 Å². The van der Waals surface area contributed by atoms with Gasteiger partial charge in [-0.1, -0.05) is 29.3 Å². The molecule has 0 bridgehead atoms. The maximum absolute atomic E-state index is 14.0. The summed E-state index contributed by atoms with van der Waals surface area (Å²) in [5, 5.41) is 0.751. The standard InChI is InChI=1S/C14H11BrCl2F2N2/c15-9-2-4-12(18)8(14(9)19)6-13(21-20)7-1-3-10(16)11(17)5-7/h1-5,13,21H,6,20H2. The Balaban J connectivity index is 2.35. The van der Waals surface area contributed by atoms with Gasteiger partial charge in [0.2, 0.25) is 0 Å². The fourth-order valence-electron chi connectivity index (χ4n) is 1.96. The first kappa shape index (κ1) is 16.6. The number of nitrogens with one attached hydrogen (secondary N) is 1. The molecule has 112 valence electrons. The molecule has 0 amide bonds. The van der Waals surface area contributed by atoms with Gasteiger partial charge < -0.3 is 0 Å². The van der Waals surface area contributed by atoms with Crippen LogP contribution >= 0.6 is 39.1 Å². The third kappa shape index (κ3) is 3.73. The molecule has 0 saturated carbocycles. The topological polar surface area (TPSA) is 38.0 Å². The number of hydrogen-bond donors (Lipinski definition) is 2. The van der Waals surface area contributed by atoms with Gasteiger partial charge in [0, 0.05) is 5.56 Å². The van der Waals surface area contributed by atoms with Crippen molar-refractivity contribution in [3.05, 3.63) is 67.6 Å². The van der Waals surface area contributed by atoms with Crippen molar-refractivity contribution in [2.75, 3.05) is 0 Å². The van der Waals surface area contributed by atoms with E-state index in [0.29, 0.717) is 15.6 Å². The largest absolute Gasteiger partial charge is 0.271 e. The van der Waals surface area contributed by atoms with Gasteiger partial charge in [0.1, 0.15) is 11.6 Å². The van der Waals surface area contributed by atoms with Crippen LogP contribution in [0.4, 0.5) is 8.78 Å². The van der Waals surface area contributed by atoms with Crippen LogP contribution in [0.2, 0.25) is 10.0 Å². The van der Waals surface area contributed by atoms with E-state index in [4.69, 9.17) is 29.0 Å². The Labute approximate surface area is 139 Å². The predicted molar refractivity (Wildman–Crippen MR) is 84.3 cm³/mol. The number of halogens is 5. The molecule has 21 heavy (non-hydrogen) atoms. The van der Waals surface area contributed by atoms with E-state index in [9.17, 15) is 8.78 Å². The molecule has 7 heteroatoms. The number of hydrogen-bond acceptors (Lipinski definition) is 2. The van der Waals surface area contributed by atoms with E-state index in [0.717, 1.165) is 0 Å². The molecule has 0 aliphatic carbocycles. The van der Waals surface area contributed by atoms with Gasteiger partial charge in [-0.2, -0.15) is 0 Å². The molecule has 0 radical (unpaired) electrons. The SMILES string of the molecule is NNC(Cc1c(F)ccc(Br)c1F)c1ccc(Cl)c(Cl)c1. The van der Waals surface area contributed by atoms with E-state index in [1.54, 1.807) is 18.2 Å². The molecular weight excluding hydrogens is 385 g/mol. The molecule has 2 rings (SSSR count). The van der Waals surface area contributed by atoms with Gasteiger partial charge in [-0.05, 0) is 52.2 Å². The molecule has 0 aliphatic rings. The number of benzene rings is 2. The minimum atomic E-state index is -0.643. The van der Waals surface area contributed by atoms with Crippen LogP contribution in [0.5, 0.6) is 0 Å². The van der Waals surface area contributed by atoms with Crippen molar-refractivity contribution >= 4 is 39.1 Å². The van der Waals surface area contributed by atoms with E-state index in [1.165, 1.54) is 12.1 Å². The van der Waals surface area contributed by atoms with Crippen LogP contribution in [-0.4, -0.2) is 0 Å². The number of hydrazine groups is 1. The predicted octanol–water partition coefficient (Wildman–Crippen LogP) is 4.78. The van der Waals surface area contributed by atoms with Gasteiger partial charge in [0.05, 0.1) is 20.6 Å². The Morgan fingerprint density at radius 2 is 1.86 bits per heavy atom. The fraction of sp³-hybridized carbons (Fsp3) is 0.143. The Bertz CT molecular complexity index is 668. The van der Waals surface area contributed by atoms with Crippen molar-refractivity contribution in [2.24, 2.45) is 5.84 Å². The van der Waals surface area contributed by atoms with Crippen molar-refractivity contribution in [2.45, 2.75) is 12.5 Å². The molecule has 2 aromatic carbocycles. The van der Waals surface area contributed by atoms with Crippen LogP contribution in [-0.2, 0) is 6.42 Å². The zero-order valence-corrected chi connectivity index (χ0v) is 13.7. The highest BCUT2D eigenvalue weighted by molar-refractivity contribution is 9.10. The van der Waals surface area contributed by atoms with Crippen LogP contribution in [0.3, 0.4) is 0 Å². The molecule has 0 aliphatic heterocycles. The number of rotatable bonds is 4. The summed E-state index contributed by atoms with van der Waals surface area (Å²) >= 11 is 14.8. The first-order valence-electron chi connectivity index (χ1n) is 5.97. The van der Waals surface area contributed by atoms with Crippen LogP contribution in [0.25, 0.3) is 0 Å². The van der Waals surface area contributed by atoms with Gasteiger partial charge >= 0.3 is 0 Å². The zero-order chi connectivity index (χ0) is 15.6. The monoisotopic (exact) mass is 394 g/mol. The van der Waals surface area contributed by atoms with Crippen molar-refractivity contribution in [3.8, 4) is 0 Å². The second-order valence-corrected chi connectivity index (χ2v) is 6.09. The molecule has 2 nitrogen and oxygen atoms in total. The molecule has 0 fully saturated rings. The summed E-state index contributed by atoms with van der Waals surface area (Å²) in [6, 6.07) is 6.94. The molecule has 2 aromatic rings. The summed E-state index contributed by atoms with van der Waals surface area (Å²) < 4.78 is 28.0. The Morgan fingerprint density at radius 3 is 2.48 bits per heavy atom. The molecule has 1 atom stereocenters. The van der Waals surface area contributed by atoms with Gasteiger partial charge in [-0.15, -0.1) is 0 Å². The average Bonchev–Trinajstić information content (AvgIpc) is 2.47.